The molecule has 1 aliphatic carbocycles. The number of piperidine rings is 1. The van der Waals surface area contributed by atoms with Gasteiger partial charge in [-0.15, -0.1) is 11.3 Å². The van der Waals surface area contributed by atoms with Crippen LogP contribution in [-0.4, -0.2) is 41.3 Å². The van der Waals surface area contributed by atoms with Gasteiger partial charge in [-0.25, -0.2) is 4.98 Å². The lowest BCUT2D eigenvalue weighted by Crippen LogP contribution is -2.37. The predicted molar refractivity (Wildman–Crippen MR) is 108 cm³/mol. The molecule has 1 spiro atoms. The van der Waals surface area contributed by atoms with Crippen LogP contribution in [0.5, 0.6) is 0 Å². The molecule has 2 aromatic rings. The van der Waals surface area contributed by atoms with Gasteiger partial charge in [0.1, 0.15) is 5.01 Å². The highest BCUT2D eigenvalue weighted by Gasteiger charge is 2.56. The Bertz CT molecular complexity index is 638. The summed E-state index contributed by atoms with van der Waals surface area (Å²) in [7, 11) is 0. The lowest BCUT2D eigenvalue weighted by molar-refractivity contribution is 0.205. The molecule has 0 amide bonds. The summed E-state index contributed by atoms with van der Waals surface area (Å²) in [6.45, 7) is 4.61. The molecule has 2 fully saturated rings. The van der Waals surface area contributed by atoms with Crippen molar-refractivity contribution in [3.05, 3.63) is 52.5 Å². The third kappa shape index (κ3) is 4.45. The quantitative estimate of drug-likeness (QED) is 0.708. The van der Waals surface area contributed by atoms with Gasteiger partial charge in [-0.1, -0.05) is 30.3 Å². The van der Waals surface area contributed by atoms with Gasteiger partial charge in [-0.3, -0.25) is 4.90 Å². The van der Waals surface area contributed by atoms with Gasteiger partial charge in [0.2, 0.25) is 0 Å². The Morgan fingerprint density at radius 2 is 2.08 bits per heavy atom. The maximum Gasteiger partial charge on any atom is 0.107 e. The van der Waals surface area contributed by atoms with E-state index in [9.17, 15) is 0 Å². The van der Waals surface area contributed by atoms with Gasteiger partial charge >= 0.3 is 0 Å². The van der Waals surface area contributed by atoms with Gasteiger partial charge in [0.15, 0.2) is 0 Å². The first-order chi connectivity index (χ1) is 12.4. The van der Waals surface area contributed by atoms with Crippen LogP contribution >= 0.6 is 23.1 Å². The Hall–Kier alpha value is -0.880. The van der Waals surface area contributed by atoms with Crippen LogP contribution in [0.3, 0.4) is 0 Å². The van der Waals surface area contributed by atoms with Crippen molar-refractivity contribution >= 4 is 23.1 Å². The Kier molecular flexibility index (Phi) is 5.76. The molecule has 1 N–H and O–H groups in total. The third-order valence-corrected chi connectivity index (χ3v) is 7.42. The van der Waals surface area contributed by atoms with Gasteiger partial charge in [-0.2, -0.15) is 11.8 Å². The van der Waals surface area contributed by atoms with Crippen molar-refractivity contribution in [2.45, 2.75) is 37.6 Å². The first-order valence-corrected chi connectivity index (χ1v) is 11.3. The minimum Gasteiger partial charge on any atom is -0.317 e. The molecule has 1 aliphatic heterocycles. The lowest BCUT2D eigenvalue weighted by Gasteiger charge is -2.29. The van der Waals surface area contributed by atoms with Crippen LogP contribution in [0, 0.1) is 5.41 Å². The van der Waals surface area contributed by atoms with E-state index in [1.807, 2.05) is 6.20 Å². The molecular weight excluding hydrogens is 346 g/mol. The Labute approximate surface area is 159 Å². The van der Waals surface area contributed by atoms with E-state index in [4.69, 9.17) is 0 Å². The maximum absolute atomic E-state index is 4.53. The lowest BCUT2D eigenvalue weighted by atomic mass is 9.93. The predicted octanol–water partition coefficient (Wildman–Crippen LogP) is 4.02. The molecule has 1 saturated carbocycles. The second-order valence-electron chi connectivity index (χ2n) is 7.27. The van der Waals surface area contributed by atoms with Crippen molar-refractivity contribution in [2.75, 3.05) is 25.4 Å². The third-order valence-electron chi connectivity index (χ3n) is 5.64. The minimum atomic E-state index is 0.604. The number of hydrogen-bond donors (Lipinski definition) is 1. The first kappa shape index (κ1) is 17.5. The number of nitrogens with zero attached hydrogens (tertiary/aromatic N) is 2. The summed E-state index contributed by atoms with van der Waals surface area (Å²) >= 11 is 3.85. The molecule has 1 atom stereocenters. The van der Waals surface area contributed by atoms with E-state index >= 15 is 0 Å². The topological polar surface area (TPSA) is 28.2 Å². The number of rotatable bonds is 8. The van der Waals surface area contributed by atoms with Gasteiger partial charge in [0.05, 0.1) is 6.54 Å². The summed E-state index contributed by atoms with van der Waals surface area (Å²) in [5.74, 6) is 2.32. The molecule has 134 valence electrons. The van der Waals surface area contributed by atoms with E-state index in [0.717, 1.165) is 18.3 Å². The molecule has 1 unspecified atom stereocenters. The second kappa shape index (κ2) is 8.21. The van der Waals surface area contributed by atoms with Crippen LogP contribution in [0.15, 0.2) is 41.9 Å². The highest BCUT2D eigenvalue weighted by atomic mass is 32.2. The minimum absolute atomic E-state index is 0.604. The summed E-state index contributed by atoms with van der Waals surface area (Å²) in [4.78, 5) is 7.26. The van der Waals surface area contributed by atoms with Crippen molar-refractivity contribution < 1.29 is 0 Å². The molecular formula is C20H27N3S2. The van der Waals surface area contributed by atoms with Gasteiger partial charge in [-0.05, 0) is 43.3 Å². The summed E-state index contributed by atoms with van der Waals surface area (Å²) < 4.78 is 0. The Balaban J connectivity index is 1.31. The standard InChI is InChI=1S/C20H27N3S2/c1-2-4-17(5-3-1)16-24-13-11-23(15-19-22-10-12-25-19)18-14-20(18)6-8-21-9-7-20/h1-5,10,12,18,21H,6-9,11,13-16H2. The number of benzene rings is 1. The SMILES string of the molecule is c1ccc(CSCCN(Cc2nccs2)C2CC23CCNCC3)cc1. The van der Waals surface area contributed by atoms with Crippen molar-refractivity contribution in [1.29, 1.82) is 0 Å². The van der Waals surface area contributed by atoms with Gasteiger partial charge in [0, 0.05) is 35.7 Å². The highest BCUT2D eigenvalue weighted by molar-refractivity contribution is 7.98. The van der Waals surface area contributed by atoms with Crippen LogP contribution in [0.4, 0.5) is 0 Å². The second-order valence-corrected chi connectivity index (χ2v) is 9.35. The highest BCUT2D eigenvalue weighted by Crippen LogP contribution is 2.56. The van der Waals surface area contributed by atoms with Gasteiger partial charge < -0.3 is 5.32 Å². The maximum atomic E-state index is 4.53. The van der Waals surface area contributed by atoms with Crippen molar-refractivity contribution in [2.24, 2.45) is 5.41 Å². The largest absolute Gasteiger partial charge is 0.317 e. The smallest absolute Gasteiger partial charge is 0.107 e. The molecule has 2 heterocycles. The number of aromatic nitrogens is 1. The summed E-state index contributed by atoms with van der Waals surface area (Å²) in [6, 6.07) is 11.6. The Morgan fingerprint density at radius 3 is 2.84 bits per heavy atom. The van der Waals surface area contributed by atoms with Crippen LogP contribution in [0.1, 0.15) is 29.8 Å². The van der Waals surface area contributed by atoms with Crippen LogP contribution in [-0.2, 0) is 12.3 Å². The fraction of sp³-hybridized carbons (Fsp3) is 0.550. The molecule has 5 heteroatoms. The Morgan fingerprint density at radius 1 is 1.24 bits per heavy atom. The van der Waals surface area contributed by atoms with Crippen LogP contribution in [0.25, 0.3) is 0 Å². The van der Waals surface area contributed by atoms with E-state index in [-0.39, 0.29) is 0 Å². The zero-order valence-electron chi connectivity index (χ0n) is 14.7. The summed E-state index contributed by atoms with van der Waals surface area (Å²) in [5.41, 5.74) is 2.03. The summed E-state index contributed by atoms with van der Waals surface area (Å²) in [5, 5.41) is 6.89. The summed E-state index contributed by atoms with van der Waals surface area (Å²) in [6.07, 6.45) is 6.03. The number of nitrogens with one attached hydrogen (secondary N) is 1. The number of hydrogen-bond acceptors (Lipinski definition) is 5. The van der Waals surface area contributed by atoms with E-state index < -0.39 is 0 Å². The molecule has 0 bridgehead atoms. The van der Waals surface area contributed by atoms with Crippen molar-refractivity contribution in [3.8, 4) is 0 Å². The number of thioether (sulfide) groups is 1. The number of thiazole rings is 1. The molecule has 0 radical (unpaired) electrons. The zero-order valence-corrected chi connectivity index (χ0v) is 16.3. The molecule has 3 nitrogen and oxygen atoms in total. The van der Waals surface area contributed by atoms with E-state index in [1.54, 1.807) is 11.3 Å². The van der Waals surface area contributed by atoms with Crippen LogP contribution < -0.4 is 5.32 Å². The zero-order chi connectivity index (χ0) is 17.0. The molecule has 2 aliphatic rings. The van der Waals surface area contributed by atoms with Crippen molar-refractivity contribution in [3.63, 3.8) is 0 Å². The van der Waals surface area contributed by atoms with Crippen LogP contribution in [0.2, 0.25) is 0 Å². The fourth-order valence-electron chi connectivity index (χ4n) is 4.10. The van der Waals surface area contributed by atoms with E-state index in [0.29, 0.717) is 5.41 Å². The molecule has 1 aromatic heterocycles. The molecule has 1 aromatic carbocycles. The van der Waals surface area contributed by atoms with E-state index in [2.05, 4.69) is 62.7 Å². The molecule has 25 heavy (non-hydrogen) atoms. The van der Waals surface area contributed by atoms with Gasteiger partial charge in [0.25, 0.3) is 0 Å². The monoisotopic (exact) mass is 373 g/mol. The average Bonchev–Trinajstić information content (AvgIpc) is 3.09. The first-order valence-electron chi connectivity index (χ1n) is 9.31. The fourth-order valence-corrected chi connectivity index (χ4v) is 5.68. The van der Waals surface area contributed by atoms with E-state index in [1.165, 1.54) is 55.2 Å². The van der Waals surface area contributed by atoms with Crippen molar-refractivity contribution in [1.82, 2.24) is 15.2 Å². The normalized spacial score (nSPS) is 21.7. The molecule has 4 rings (SSSR count). The molecule has 1 saturated heterocycles. The average molecular weight is 374 g/mol.